The number of benzene rings is 1. The van der Waals surface area contributed by atoms with Crippen LogP contribution in [0.5, 0.6) is 0 Å². The zero-order valence-electron chi connectivity index (χ0n) is 11.2. The molecule has 3 unspecified atom stereocenters. The van der Waals surface area contributed by atoms with E-state index in [2.05, 4.69) is 25.2 Å². The zero-order valence-corrected chi connectivity index (χ0v) is 11.9. The smallest absolute Gasteiger partial charge is 0.0587 e. The van der Waals surface area contributed by atoms with E-state index in [4.69, 9.17) is 16.3 Å². The second kappa shape index (κ2) is 6.55. The fraction of sp³-hybridized carbons (Fsp3) is 0.600. The Morgan fingerprint density at radius 2 is 2.33 bits per heavy atom. The molecular weight excluding hydrogens is 246 g/mol. The van der Waals surface area contributed by atoms with Crippen molar-refractivity contribution in [2.24, 2.45) is 0 Å². The Labute approximate surface area is 115 Å². The maximum atomic E-state index is 6.03. The third-order valence-corrected chi connectivity index (χ3v) is 3.89. The third kappa shape index (κ3) is 3.71. The molecule has 3 heteroatoms. The van der Waals surface area contributed by atoms with E-state index >= 15 is 0 Å². The first-order valence-corrected chi connectivity index (χ1v) is 7.20. The molecular formula is C15H22ClNO. The highest BCUT2D eigenvalue weighted by atomic mass is 35.5. The molecule has 3 atom stereocenters. The van der Waals surface area contributed by atoms with Crippen molar-refractivity contribution in [3.63, 3.8) is 0 Å². The van der Waals surface area contributed by atoms with Crippen LogP contribution in [0.4, 0.5) is 0 Å². The number of hydrogen-bond donors (Lipinski definition) is 1. The first-order valence-electron chi connectivity index (χ1n) is 6.82. The number of ether oxygens (including phenoxy) is 1. The fourth-order valence-corrected chi connectivity index (χ4v) is 2.74. The number of rotatable bonds is 4. The molecule has 0 radical (unpaired) electrons. The van der Waals surface area contributed by atoms with Crippen LogP contribution in [-0.2, 0) is 4.74 Å². The second-order valence-electron chi connectivity index (χ2n) is 5.07. The van der Waals surface area contributed by atoms with Crippen molar-refractivity contribution in [2.75, 3.05) is 6.61 Å². The predicted octanol–water partition coefficient (Wildman–Crippen LogP) is 3.95. The van der Waals surface area contributed by atoms with Gasteiger partial charge in [-0.25, -0.2) is 0 Å². The van der Waals surface area contributed by atoms with E-state index in [1.165, 1.54) is 5.56 Å². The van der Waals surface area contributed by atoms with Gasteiger partial charge in [0.25, 0.3) is 0 Å². The van der Waals surface area contributed by atoms with Crippen LogP contribution < -0.4 is 5.32 Å². The van der Waals surface area contributed by atoms with Gasteiger partial charge in [0, 0.05) is 23.7 Å². The van der Waals surface area contributed by atoms with Crippen molar-refractivity contribution < 1.29 is 4.74 Å². The highest BCUT2D eigenvalue weighted by Crippen LogP contribution is 2.22. The van der Waals surface area contributed by atoms with Crippen LogP contribution in [0.15, 0.2) is 24.3 Å². The summed E-state index contributed by atoms with van der Waals surface area (Å²) in [5.41, 5.74) is 1.25. The average molecular weight is 268 g/mol. The molecule has 1 heterocycles. The molecule has 2 nitrogen and oxygen atoms in total. The van der Waals surface area contributed by atoms with Crippen LogP contribution in [0.1, 0.15) is 44.7 Å². The van der Waals surface area contributed by atoms with Gasteiger partial charge < -0.3 is 10.1 Å². The Hall–Kier alpha value is -0.570. The van der Waals surface area contributed by atoms with E-state index in [0.29, 0.717) is 18.2 Å². The van der Waals surface area contributed by atoms with Crippen LogP contribution in [0.25, 0.3) is 0 Å². The molecule has 1 aliphatic rings. The Morgan fingerprint density at radius 3 is 3.06 bits per heavy atom. The number of halogens is 1. The van der Waals surface area contributed by atoms with Crippen molar-refractivity contribution in [2.45, 2.75) is 51.3 Å². The quantitative estimate of drug-likeness (QED) is 0.892. The highest BCUT2D eigenvalue weighted by Gasteiger charge is 2.22. The monoisotopic (exact) mass is 267 g/mol. The maximum absolute atomic E-state index is 6.03. The minimum Gasteiger partial charge on any atom is -0.378 e. The Balaban J connectivity index is 1.92. The highest BCUT2D eigenvalue weighted by molar-refractivity contribution is 6.30. The molecule has 1 fully saturated rings. The van der Waals surface area contributed by atoms with Crippen LogP contribution in [0, 0.1) is 0 Å². The first kappa shape index (κ1) is 13.9. The van der Waals surface area contributed by atoms with E-state index in [1.54, 1.807) is 0 Å². The summed E-state index contributed by atoms with van der Waals surface area (Å²) in [6.45, 7) is 5.26. The SMILES string of the molecule is CCC1CC(NC(C)c2cccc(Cl)c2)CCO1. The van der Waals surface area contributed by atoms with E-state index in [0.717, 1.165) is 30.9 Å². The summed E-state index contributed by atoms with van der Waals surface area (Å²) in [6.07, 6.45) is 3.73. The van der Waals surface area contributed by atoms with Crippen molar-refractivity contribution in [3.8, 4) is 0 Å². The molecule has 1 aliphatic heterocycles. The molecule has 0 amide bonds. The van der Waals surface area contributed by atoms with Gasteiger partial charge in [-0.15, -0.1) is 0 Å². The lowest BCUT2D eigenvalue weighted by Gasteiger charge is -2.32. The molecule has 0 aromatic heterocycles. The maximum Gasteiger partial charge on any atom is 0.0587 e. The Kier molecular flexibility index (Phi) is 5.04. The molecule has 0 bridgehead atoms. The molecule has 1 aromatic carbocycles. The lowest BCUT2D eigenvalue weighted by Crippen LogP contribution is -2.39. The van der Waals surface area contributed by atoms with Gasteiger partial charge >= 0.3 is 0 Å². The average Bonchev–Trinajstić information content (AvgIpc) is 2.39. The largest absolute Gasteiger partial charge is 0.378 e. The molecule has 1 aromatic rings. The first-order chi connectivity index (χ1) is 8.69. The lowest BCUT2D eigenvalue weighted by atomic mass is 9.99. The minimum atomic E-state index is 0.337. The van der Waals surface area contributed by atoms with Crippen LogP contribution in [0.2, 0.25) is 5.02 Å². The van der Waals surface area contributed by atoms with Crippen molar-refractivity contribution in [1.29, 1.82) is 0 Å². The van der Waals surface area contributed by atoms with Crippen LogP contribution in [0.3, 0.4) is 0 Å². The molecule has 100 valence electrons. The molecule has 0 aliphatic carbocycles. The van der Waals surface area contributed by atoms with Gasteiger partial charge in [-0.1, -0.05) is 30.7 Å². The van der Waals surface area contributed by atoms with Gasteiger partial charge in [0.15, 0.2) is 0 Å². The van der Waals surface area contributed by atoms with Gasteiger partial charge in [0.05, 0.1) is 6.10 Å². The van der Waals surface area contributed by atoms with E-state index in [9.17, 15) is 0 Å². The summed E-state index contributed by atoms with van der Waals surface area (Å²) < 4.78 is 5.70. The van der Waals surface area contributed by atoms with Gasteiger partial charge in [-0.05, 0) is 43.9 Å². The summed E-state index contributed by atoms with van der Waals surface area (Å²) in [5, 5.41) is 4.49. The summed E-state index contributed by atoms with van der Waals surface area (Å²) in [4.78, 5) is 0. The number of nitrogens with one attached hydrogen (secondary N) is 1. The molecule has 1 N–H and O–H groups in total. The second-order valence-corrected chi connectivity index (χ2v) is 5.50. The molecule has 0 spiro atoms. The van der Waals surface area contributed by atoms with Crippen molar-refractivity contribution >= 4 is 11.6 Å². The minimum absolute atomic E-state index is 0.337. The number of hydrogen-bond acceptors (Lipinski definition) is 2. The normalized spacial score (nSPS) is 25.9. The van der Waals surface area contributed by atoms with Gasteiger partial charge in [0.1, 0.15) is 0 Å². The molecule has 2 rings (SSSR count). The summed E-state index contributed by atoms with van der Waals surface area (Å²) >= 11 is 6.03. The van der Waals surface area contributed by atoms with Crippen molar-refractivity contribution in [3.05, 3.63) is 34.9 Å². The van der Waals surface area contributed by atoms with Gasteiger partial charge in [-0.3, -0.25) is 0 Å². The third-order valence-electron chi connectivity index (χ3n) is 3.66. The molecule has 1 saturated heterocycles. The molecule has 18 heavy (non-hydrogen) atoms. The summed E-state index contributed by atoms with van der Waals surface area (Å²) in [7, 11) is 0. The summed E-state index contributed by atoms with van der Waals surface area (Å²) in [6, 6.07) is 8.98. The van der Waals surface area contributed by atoms with Crippen molar-refractivity contribution in [1.82, 2.24) is 5.32 Å². The Bertz CT molecular complexity index is 383. The van der Waals surface area contributed by atoms with Crippen LogP contribution in [-0.4, -0.2) is 18.8 Å². The Morgan fingerprint density at radius 1 is 1.50 bits per heavy atom. The lowest BCUT2D eigenvalue weighted by molar-refractivity contribution is -0.00165. The predicted molar refractivity (Wildman–Crippen MR) is 76.1 cm³/mol. The van der Waals surface area contributed by atoms with E-state index in [1.807, 2.05) is 18.2 Å². The molecule has 0 saturated carbocycles. The van der Waals surface area contributed by atoms with Gasteiger partial charge in [-0.2, -0.15) is 0 Å². The van der Waals surface area contributed by atoms with E-state index in [-0.39, 0.29) is 0 Å². The zero-order chi connectivity index (χ0) is 13.0. The topological polar surface area (TPSA) is 21.3 Å². The summed E-state index contributed by atoms with van der Waals surface area (Å²) in [5.74, 6) is 0. The van der Waals surface area contributed by atoms with Gasteiger partial charge in [0.2, 0.25) is 0 Å². The van der Waals surface area contributed by atoms with E-state index < -0.39 is 0 Å². The standard InChI is InChI=1S/C15H22ClNO/c1-3-15-10-14(7-8-18-15)17-11(2)12-5-4-6-13(16)9-12/h4-6,9,11,14-15,17H,3,7-8,10H2,1-2H3. The van der Waals surface area contributed by atoms with Crippen LogP contribution >= 0.6 is 11.6 Å². The fourth-order valence-electron chi connectivity index (χ4n) is 2.54.